The minimum Gasteiger partial charge on any atom is -0.379 e. The number of aromatic nitrogens is 4. The van der Waals surface area contributed by atoms with Crippen LogP contribution in [-0.4, -0.2) is 44.0 Å². The summed E-state index contributed by atoms with van der Waals surface area (Å²) in [5, 5.41) is 8.83. The average Bonchev–Trinajstić information content (AvgIpc) is 3.61. The van der Waals surface area contributed by atoms with Crippen molar-refractivity contribution in [1.29, 1.82) is 0 Å². The first-order valence-corrected chi connectivity index (χ1v) is 13.2. The van der Waals surface area contributed by atoms with Crippen LogP contribution in [0, 0.1) is 0 Å². The molecular weight excluding hydrogens is 480 g/mol. The van der Waals surface area contributed by atoms with Crippen molar-refractivity contribution >= 4 is 17.4 Å². The van der Waals surface area contributed by atoms with Crippen LogP contribution in [0.2, 0.25) is 0 Å². The Kier molecular flexibility index (Phi) is 6.59. The number of hydrazone groups is 1. The SMILES string of the molecule is CCCc1c(Cc2ccc(-c3ccccc3)c(C3=NNC(=O)C3)c2)c(=O)n(C2CCCOC2)c2ncnn12. The topological polar surface area (TPSA) is 103 Å². The van der Waals surface area contributed by atoms with Gasteiger partial charge in [0.1, 0.15) is 6.33 Å². The van der Waals surface area contributed by atoms with Crippen molar-refractivity contribution < 1.29 is 9.53 Å². The summed E-state index contributed by atoms with van der Waals surface area (Å²) in [5.41, 5.74) is 8.77. The van der Waals surface area contributed by atoms with Crippen LogP contribution in [-0.2, 0) is 22.4 Å². The number of benzene rings is 2. The van der Waals surface area contributed by atoms with Crippen LogP contribution in [0.4, 0.5) is 0 Å². The number of hydrogen-bond acceptors (Lipinski definition) is 6. The van der Waals surface area contributed by atoms with Crippen molar-refractivity contribution in [2.24, 2.45) is 5.10 Å². The molecule has 194 valence electrons. The highest BCUT2D eigenvalue weighted by atomic mass is 16.5. The van der Waals surface area contributed by atoms with Gasteiger partial charge in [-0.05, 0) is 42.0 Å². The molecule has 1 N–H and O–H groups in total. The summed E-state index contributed by atoms with van der Waals surface area (Å²) in [5.74, 6) is 0.451. The highest BCUT2D eigenvalue weighted by molar-refractivity contribution is 6.16. The lowest BCUT2D eigenvalue weighted by Crippen LogP contribution is -2.35. The van der Waals surface area contributed by atoms with E-state index >= 15 is 0 Å². The standard InChI is InChI=1S/C29H30N6O3/c1-2-7-26-24(28(37)34(21-10-6-13-38-17-21)29-30-18-31-35(26)29)15-19-11-12-22(20-8-4-3-5-9-20)23(14-19)25-16-27(36)33-32-25/h3-5,8-9,11-12,14,18,21H,2,6-7,10,13,15-17H2,1H3,(H,33,36). The number of amides is 1. The average molecular weight is 511 g/mol. The maximum atomic E-state index is 14.1. The molecule has 2 aliphatic heterocycles. The van der Waals surface area contributed by atoms with E-state index in [9.17, 15) is 9.59 Å². The molecule has 1 amide bonds. The summed E-state index contributed by atoms with van der Waals surface area (Å²) < 4.78 is 9.34. The molecular formula is C29H30N6O3. The van der Waals surface area contributed by atoms with Crippen LogP contribution in [0.1, 0.15) is 61.0 Å². The van der Waals surface area contributed by atoms with Crippen LogP contribution in [0.15, 0.2) is 64.8 Å². The van der Waals surface area contributed by atoms with Gasteiger partial charge >= 0.3 is 0 Å². The van der Waals surface area contributed by atoms with Crippen molar-refractivity contribution in [3.8, 4) is 11.1 Å². The molecule has 0 radical (unpaired) electrons. The van der Waals surface area contributed by atoms with Crippen molar-refractivity contribution in [1.82, 2.24) is 24.6 Å². The second kappa shape index (κ2) is 10.3. The van der Waals surface area contributed by atoms with E-state index in [0.29, 0.717) is 37.5 Å². The van der Waals surface area contributed by atoms with Crippen LogP contribution < -0.4 is 11.0 Å². The molecule has 4 heterocycles. The normalized spacial score (nSPS) is 17.6. The van der Waals surface area contributed by atoms with Crippen LogP contribution in [0.25, 0.3) is 16.9 Å². The molecule has 38 heavy (non-hydrogen) atoms. The fourth-order valence-corrected chi connectivity index (χ4v) is 5.54. The molecule has 0 aliphatic carbocycles. The fraction of sp³-hybridized carbons (Fsp3) is 0.345. The molecule has 1 saturated heterocycles. The minimum absolute atomic E-state index is 0.0341. The predicted molar refractivity (Wildman–Crippen MR) is 144 cm³/mol. The number of ether oxygens (including phenoxy) is 1. The summed E-state index contributed by atoms with van der Waals surface area (Å²) in [4.78, 5) is 30.6. The van der Waals surface area contributed by atoms with Gasteiger partial charge in [0.15, 0.2) is 0 Å². The molecule has 0 spiro atoms. The zero-order valence-corrected chi connectivity index (χ0v) is 21.4. The largest absolute Gasteiger partial charge is 0.379 e. The third kappa shape index (κ3) is 4.43. The number of nitrogens with zero attached hydrogens (tertiary/aromatic N) is 5. The molecule has 1 unspecified atom stereocenters. The third-order valence-corrected chi connectivity index (χ3v) is 7.32. The maximum Gasteiger partial charge on any atom is 0.259 e. The smallest absolute Gasteiger partial charge is 0.259 e. The van der Waals surface area contributed by atoms with E-state index in [4.69, 9.17) is 4.74 Å². The number of nitrogens with one attached hydrogen (secondary N) is 1. The second-order valence-corrected chi connectivity index (χ2v) is 9.89. The lowest BCUT2D eigenvalue weighted by atomic mass is 9.91. The number of hydrogen-bond donors (Lipinski definition) is 1. The molecule has 9 heteroatoms. The van der Waals surface area contributed by atoms with E-state index < -0.39 is 0 Å². The molecule has 1 fully saturated rings. The van der Waals surface area contributed by atoms with Crippen molar-refractivity contribution in [2.45, 2.75) is 51.5 Å². The van der Waals surface area contributed by atoms with E-state index in [-0.39, 0.29) is 23.9 Å². The van der Waals surface area contributed by atoms with E-state index in [2.05, 4.69) is 45.7 Å². The quantitative estimate of drug-likeness (QED) is 0.409. The maximum absolute atomic E-state index is 14.1. The number of rotatable bonds is 7. The second-order valence-electron chi connectivity index (χ2n) is 9.89. The Bertz CT molecular complexity index is 1580. The van der Waals surface area contributed by atoms with Crippen molar-refractivity contribution in [2.75, 3.05) is 13.2 Å². The highest BCUT2D eigenvalue weighted by Gasteiger charge is 2.26. The van der Waals surface area contributed by atoms with Gasteiger partial charge in [0.25, 0.3) is 5.56 Å². The van der Waals surface area contributed by atoms with Crippen LogP contribution in [0.3, 0.4) is 0 Å². The molecule has 2 aromatic carbocycles. The first-order chi connectivity index (χ1) is 18.6. The van der Waals surface area contributed by atoms with E-state index in [1.54, 1.807) is 4.57 Å². The van der Waals surface area contributed by atoms with E-state index in [1.165, 1.54) is 6.33 Å². The Morgan fingerprint density at radius 3 is 2.71 bits per heavy atom. The molecule has 0 bridgehead atoms. The molecule has 1 atom stereocenters. The van der Waals surface area contributed by atoms with Gasteiger partial charge in [-0.2, -0.15) is 15.2 Å². The monoisotopic (exact) mass is 510 g/mol. The van der Waals surface area contributed by atoms with Crippen molar-refractivity contribution in [3.63, 3.8) is 0 Å². The first kappa shape index (κ1) is 24.2. The van der Waals surface area contributed by atoms with Gasteiger partial charge in [0, 0.05) is 24.2 Å². The summed E-state index contributed by atoms with van der Waals surface area (Å²) in [6.45, 7) is 3.31. The molecule has 2 aliphatic rings. The lowest BCUT2D eigenvalue weighted by molar-refractivity contribution is -0.119. The number of fused-ring (bicyclic) bond motifs is 1. The molecule has 6 rings (SSSR count). The fourth-order valence-electron chi connectivity index (χ4n) is 5.54. The Hall–Kier alpha value is -4.11. The van der Waals surface area contributed by atoms with Gasteiger partial charge in [0.05, 0.1) is 30.5 Å². The Morgan fingerprint density at radius 1 is 1.11 bits per heavy atom. The van der Waals surface area contributed by atoms with Gasteiger partial charge in [-0.15, -0.1) is 0 Å². The first-order valence-electron chi connectivity index (χ1n) is 13.2. The van der Waals surface area contributed by atoms with Crippen molar-refractivity contribution in [3.05, 3.63) is 87.6 Å². The Morgan fingerprint density at radius 2 is 1.97 bits per heavy atom. The van der Waals surface area contributed by atoms with Gasteiger partial charge in [-0.3, -0.25) is 14.2 Å². The molecule has 0 saturated carbocycles. The zero-order valence-electron chi connectivity index (χ0n) is 21.4. The van der Waals surface area contributed by atoms with Gasteiger partial charge in [-0.1, -0.05) is 55.8 Å². The Labute approximate surface area is 220 Å². The molecule has 4 aromatic rings. The van der Waals surface area contributed by atoms with Crippen LogP contribution in [0.5, 0.6) is 0 Å². The highest BCUT2D eigenvalue weighted by Crippen LogP contribution is 2.29. The summed E-state index contributed by atoms with van der Waals surface area (Å²) in [6.07, 6.45) is 5.55. The molecule has 2 aromatic heterocycles. The summed E-state index contributed by atoms with van der Waals surface area (Å²) in [6, 6.07) is 16.2. The van der Waals surface area contributed by atoms with Gasteiger partial charge in [0.2, 0.25) is 11.7 Å². The van der Waals surface area contributed by atoms with E-state index in [1.807, 2.05) is 34.8 Å². The summed E-state index contributed by atoms with van der Waals surface area (Å²) in [7, 11) is 0. The third-order valence-electron chi connectivity index (χ3n) is 7.32. The molecule has 9 nitrogen and oxygen atoms in total. The van der Waals surface area contributed by atoms with E-state index in [0.717, 1.165) is 52.8 Å². The van der Waals surface area contributed by atoms with Gasteiger partial charge in [-0.25, -0.2) is 9.94 Å². The Balaban J connectivity index is 1.48. The number of carbonyl (C=O) groups is 1. The predicted octanol–water partition coefficient (Wildman–Crippen LogP) is 3.68. The lowest BCUT2D eigenvalue weighted by Gasteiger charge is -2.26. The zero-order chi connectivity index (χ0) is 26.1. The van der Waals surface area contributed by atoms with Crippen LogP contribution >= 0.6 is 0 Å². The number of aryl methyl sites for hydroxylation is 1. The number of carbonyl (C=O) groups excluding carboxylic acids is 1. The minimum atomic E-state index is -0.121. The summed E-state index contributed by atoms with van der Waals surface area (Å²) >= 11 is 0. The van der Waals surface area contributed by atoms with Gasteiger partial charge < -0.3 is 4.74 Å².